The Kier molecular flexibility index (Phi) is 4.14. The minimum Gasteiger partial charge on any atom is -0.397 e. The second-order valence-corrected chi connectivity index (χ2v) is 6.71. The maximum absolute atomic E-state index is 12.8. The van der Waals surface area contributed by atoms with Gasteiger partial charge in [-0.2, -0.15) is 18.3 Å². The summed E-state index contributed by atoms with van der Waals surface area (Å²) < 4.78 is 40.3. The van der Waals surface area contributed by atoms with Crippen LogP contribution in [0.3, 0.4) is 0 Å². The highest BCUT2D eigenvalue weighted by Gasteiger charge is 2.34. The number of aromatic nitrogens is 2. The van der Waals surface area contributed by atoms with E-state index in [9.17, 15) is 18.0 Å². The summed E-state index contributed by atoms with van der Waals surface area (Å²) in [5, 5.41) is 5.40. The monoisotopic (exact) mass is 386 g/mol. The Morgan fingerprint density at radius 2 is 1.86 bits per heavy atom. The van der Waals surface area contributed by atoms with Crippen molar-refractivity contribution in [1.29, 1.82) is 0 Å². The number of nitrogen functional groups attached to an aromatic ring is 1. The number of hydrogen-bond acceptors (Lipinski definition) is 3. The third-order valence-corrected chi connectivity index (χ3v) is 4.94. The van der Waals surface area contributed by atoms with Crippen LogP contribution in [0.4, 0.5) is 18.9 Å². The summed E-state index contributed by atoms with van der Waals surface area (Å²) in [5.41, 5.74) is 7.82. The lowest BCUT2D eigenvalue weighted by molar-refractivity contribution is -0.137. The Hall–Kier alpha value is -3.29. The highest BCUT2D eigenvalue weighted by atomic mass is 19.4. The van der Waals surface area contributed by atoms with Crippen LogP contribution in [0.2, 0.25) is 0 Å². The van der Waals surface area contributed by atoms with Crippen LogP contribution in [-0.2, 0) is 11.0 Å². The SMILES string of the molecule is C=CC(=O)N1CC(n2nc(-c3ccc(C(F)(F)F)cc3)c3cccc(N)c32)C1. The second-order valence-electron chi connectivity index (χ2n) is 6.71. The Morgan fingerprint density at radius 1 is 1.18 bits per heavy atom. The first kappa shape index (κ1) is 18.1. The molecule has 2 N–H and O–H groups in total. The highest BCUT2D eigenvalue weighted by Crippen LogP contribution is 2.36. The topological polar surface area (TPSA) is 64.2 Å². The summed E-state index contributed by atoms with van der Waals surface area (Å²) in [5.74, 6) is -0.149. The third-order valence-electron chi connectivity index (χ3n) is 4.94. The molecule has 0 saturated carbocycles. The third kappa shape index (κ3) is 2.90. The number of nitrogens with two attached hydrogens (primary N) is 1. The fraction of sp³-hybridized carbons (Fsp3) is 0.200. The molecular formula is C20H17F3N4O. The molecule has 3 aromatic rings. The maximum atomic E-state index is 12.8. The molecule has 2 heterocycles. The van der Waals surface area contributed by atoms with Gasteiger partial charge in [-0.05, 0) is 24.3 Å². The number of carbonyl (C=O) groups excluding carboxylic acids is 1. The van der Waals surface area contributed by atoms with Crippen LogP contribution in [0.15, 0.2) is 55.1 Å². The fourth-order valence-electron chi connectivity index (χ4n) is 3.43. The lowest BCUT2D eigenvalue weighted by Gasteiger charge is -2.38. The lowest BCUT2D eigenvalue weighted by Crippen LogP contribution is -2.50. The Bertz CT molecular complexity index is 1060. The van der Waals surface area contributed by atoms with Gasteiger partial charge in [0, 0.05) is 24.0 Å². The van der Waals surface area contributed by atoms with Gasteiger partial charge in [-0.15, -0.1) is 0 Å². The molecule has 28 heavy (non-hydrogen) atoms. The van der Waals surface area contributed by atoms with E-state index in [-0.39, 0.29) is 11.9 Å². The van der Waals surface area contributed by atoms with Gasteiger partial charge in [-0.25, -0.2) is 0 Å². The van der Waals surface area contributed by atoms with Crippen LogP contribution in [0.1, 0.15) is 11.6 Å². The van der Waals surface area contributed by atoms with Gasteiger partial charge < -0.3 is 10.6 Å². The summed E-state index contributed by atoms with van der Waals surface area (Å²) in [4.78, 5) is 13.3. The highest BCUT2D eigenvalue weighted by molar-refractivity contribution is 5.99. The van der Waals surface area contributed by atoms with Crippen LogP contribution in [0, 0.1) is 0 Å². The van der Waals surface area contributed by atoms with E-state index < -0.39 is 11.7 Å². The van der Waals surface area contributed by atoms with Gasteiger partial charge in [0.05, 0.1) is 22.8 Å². The minimum atomic E-state index is -4.39. The molecule has 0 spiro atoms. The molecule has 0 aliphatic carbocycles. The van der Waals surface area contributed by atoms with Gasteiger partial charge >= 0.3 is 6.18 Å². The number of anilines is 1. The number of amides is 1. The molecular weight excluding hydrogens is 369 g/mol. The van der Waals surface area contributed by atoms with Crippen LogP contribution in [0.25, 0.3) is 22.2 Å². The van der Waals surface area contributed by atoms with Crippen molar-refractivity contribution in [3.05, 3.63) is 60.7 Å². The van der Waals surface area contributed by atoms with Crippen LogP contribution >= 0.6 is 0 Å². The van der Waals surface area contributed by atoms with Crippen molar-refractivity contribution in [1.82, 2.24) is 14.7 Å². The molecule has 144 valence electrons. The van der Waals surface area contributed by atoms with Crippen LogP contribution in [0.5, 0.6) is 0 Å². The first-order chi connectivity index (χ1) is 13.3. The number of likely N-dealkylation sites (tertiary alicyclic amines) is 1. The Morgan fingerprint density at radius 3 is 2.46 bits per heavy atom. The van der Waals surface area contributed by atoms with Gasteiger partial charge in [-0.1, -0.05) is 30.8 Å². The maximum Gasteiger partial charge on any atom is 0.416 e. The quantitative estimate of drug-likeness (QED) is 0.549. The van der Waals surface area contributed by atoms with E-state index in [0.717, 1.165) is 17.5 Å². The van der Waals surface area contributed by atoms with Crippen molar-refractivity contribution >= 4 is 22.5 Å². The van der Waals surface area contributed by atoms with Crippen molar-refractivity contribution in [2.75, 3.05) is 18.8 Å². The Balaban J connectivity index is 1.76. The second kappa shape index (κ2) is 6.40. The molecule has 0 unspecified atom stereocenters. The molecule has 8 heteroatoms. The lowest BCUT2D eigenvalue weighted by atomic mass is 10.0. The first-order valence-corrected chi connectivity index (χ1v) is 8.65. The van der Waals surface area contributed by atoms with Crippen molar-refractivity contribution in [3.63, 3.8) is 0 Å². The number of benzene rings is 2. The molecule has 1 aromatic heterocycles. The molecule has 1 fully saturated rings. The molecule has 4 rings (SSSR count). The summed E-state index contributed by atoms with van der Waals surface area (Å²) in [6, 6.07) is 10.2. The smallest absolute Gasteiger partial charge is 0.397 e. The van der Waals surface area contributed by atoms with Crippen LogP contribution < -0.4 is 5.73 Å². The summed E-state index contributed by atoms with van der Waals surface area (Å²) in [7, 11) is 0. The zero-order chi connectivity index (χ0) is 20.1. The molecule has 2 aromatic carbocycles. The van der Waals surface area contributed by atoms with Gasteiger partial charge in [0.2, 0.25) is 5.91 Å². The number of alkyl halides is 3. The zero-order valence-electron chi connectivity index (χ0n) is 14.8. The number of halogens is 3. The zero-order valence-corrected chi connectivity index (χ0v) is 14.8. The Labute approximate surface area is 158 Å². The fourth-order valence-corrected chi connectivity index (χ4v) is 3.43. The average Bonchev–Trinajstić information content (AvgIpc) is 3.00. The predicted molar refractivity (Wildman–Crippen MR) is 100 cm³/mol. The number of nitrogens with zero attached hydrogens (tertiary/aromatic N) is 3. The first-order valence-electron chi connectivity index (χ1n) is 8.65. The summed E-state index contributed by atoms with van der Waals surface area (Å²) >= 11 is 0. The average molecular weight is 386 g/mol. The van der Waals surface area contributed by atoms with Gasteiger partial charge in [0.1, 0.15) is 5.69 Å². The van der Waals surface area contributed by atoms with E-state index in [2.05, 4.69) is 11.7 Å². The van der Waals surface area contributed by atoms with Gasteiger partial charge in [-0.3, -0.25) is 9.48 Å². The number of rotatable bonds is 3. The van der Waals surface area contributed by atoms with E-state index in [1.807, 2.05) is 6.07 Å². The number of fused-ring (bicyclic) bond motifs is 1. The van der Waals surface area contributed by atoms with Crippen molar-refractivity contribution in [3.8, 4) is 11.3 Å². The summed E-state index contributed by atoms with van der Waals surface area (Å²) in [6.07, 6.45) is -3.13. The molecule has 0 bridgehead atoms. The molecule has 0 radical (unpaired) electrons. The van der Waals surface area contributed by atoms with Gasteiger partial charge in [0.15, 0.2) is 0 Å². The predicted octanol–water partition coefficient (Wildman–Crippen LogP) is 3.87. The number of para-hydroxylation sites is 1. The molecule has 1 aliphatic rings. The molecule has 1 aliphatic heterocycles. The van der Waals surface area contributed by atoms with Crippen LogP contribution in [-0.4, -0.2) is 33.7 Å². The minimum absolute atomic E-state index is 0.0562. The van der Waals surface area contributed by atoms with Crippen molar-refractivity contribution < 1.29 is 18.0 Å². The number of hydrogen-bond donors (Lipinski definition) is 1. The number of carbonyl (C=O) groups is 1. The van der Waals surface area contributed by atoms with E-state index in [1.54, 1.807) is 21.7 Å². The summed E-state index contributed by atoms with van der Waals surface area (Å²) in [6.45, 7) is 4.43. The normalized spacial score (nSPS) is 14.9. The van der Waals surface area contributed by atoms with Gasteiger partial charge in [0.25, 0.3) is 0 Å². The largest absolute Gasteiger partial charge is 0.416 e. The van der Waals surface area contributed by atoms with E-state index >= 15 is 0 Å². The molecule has 1 amide bonds. The standard InChI is InChI=1S/C20H17F3N4O/c1-2-17(28)26-10-14(11-26)27-19-15(4-3-5-16(19)24)18(25-27)12-6-8-13(9-7-12)20(21,22)23/h2-9,14H,1,10-11,24H2. The molecule has 1 saturated heterocycles. The van der Waals surface area contributed by atoms with Crippen molar-refractivity contribution in [2.24, 2.45) is 0 Å². The van der Waals surface area contributed by atoms with E-state index in [0.29, 0.717) is 35.6 Å². The van der Waals surface area contributed by atoms with E-state index in [1.165, 1.54) is 18.2 Å². The van der Waals surface area contributed by atoms with Crippen molar-refractivity contribution in [2.45, 2.75) is 12.2 Å². The molecule has 0 atom stereocenters. The molecule has 5 nitrogen and oxygen atoms in total. The van der Waals surface area contributed by atoms with E-state index in [4.69, 9.17) is 5.73 Å².